The molecule has 4 rings (SSSR count). The van der Waals surface area contributed by atoms with E-state index in [0.29, 0.717) is 44.1 Å². The number of aryl methyl sites for hydroxylation is 1. The van der Waals surface area contributed by atoms with E-state index >= 15 is 0 Å². The number of ether oxygens (including phenoxy) is 2. The molecule has 4 heterocycles. The van der Waals surface area contributed by atoms with Crippen LogP contribution in [-0.2, 0) is 28.9 Å². The summed E-state index contributed by atoms with van der Waals surface area (Å²) < 4.78 is 10.7. The van der Waals surface area contributed by atoms with Crippen LogP contribution in [0, 0.1) is 0 Å². The standard InChI is InChI=1S/C19H25N5O4S/c1-3-4-16-20-14(10-29-16)19(26)24-6-5-11-12(7-24)22-23-17(11)18(25)21-13-8-28-9-15(13)27-2/h10,13,15H,3-9H2,1-2H3,(H,21,25)(H,22,23)/t13-,15-/m0/s1. The molecule has 2 aromatic heterocycles. The summed E-state index contributed by atoms with van der Waals surface area (Å²) in [7, 11) is 1.61. The van der Waals surface area contributed by atoms with E-state index in [2.05, 4.69) is 27.4 Å². The zero-order valence-electron chi connectivity index (χ0n) is 16.6. The van der Waals surface area contributed by atoms with Gasteiger partial charge in [0.15, 0.2) is 5.69 Å². The molecule has 29 heavy (non-hydrogen) atoms. The predicted octanol–water partition coefficient (Wildman–Crippen LogP) is 1.16. The Morgan fingerprint density at radius 1 is 1.45 bits per heavy atom. The molecule has 2 aliphatic heterocycles. The molecule has 10 heteroatoms. The second kappa shape index (κ2) is 8.60. The molecule has 2 aromatic rings. The summed E-state index contributed by atoms with van der Waals surface area (Å²) in [5.41, 5.74) is 2.54. The van der Waals surface area contributed by atoms with Crippen LogP contribution < -0.4 is 5.32 Å². The van der Waals surface area contributed by atoms with Crippen LogP contribution in [0.1, 0.15) is 50.6 Å². The van der Waals surface area contributed by atoms with Crippen LogP contribution in [0.3, 0.4) is 0 Å². The van der Waals surface area contributed by atoms with Gasteiger partial charge in [-0.05, 0) is 19.3 Å². The Kier molecular flexibility index (Phi) is 5.93. The lowest BCUT2D eigenvalue weighted by atomic mass is 10.0. The lowest BCUT2D eigenvalue weighted by Crippen LogP contribution is -2.44. The Labute approximate surface area is 172 Å². The molecular formula is C19H25N5O4S. The number of carbonyl (C=O) groups excluding carboxylic acids is 2. The van der Waals surface area contributed by atoms with E-state index in [4.69, 9.17) is 9.47 Å². The van der Waals surface area contributed by atoms with Crippen molar-refractivity contribution in [2.45, 2.75) is 44.9 Å². The first-order chi connectivity index (χ1) is 14.1. The Bertz CT molecular complexity index is 895. The third-order valence-electron chi connectivity index (χ3n) is 5.32. The molecule has 0 saturated carbocycles. The molecule has 2 aliphatic rings. The Morgan fingerprint density at radius 2 is 2.31 bits per heavy atom. The zero-order valence-corrected chi connectivity index (χ0v) is 17.4. The van der Waals surface area contributed by atoms with Crippen molar-refractivity contribution in [1.29, 1.82) is 0 Å². The average molecular weight is 420 g/mol. The maximum absolute atomic E-state index is 12.8. The van der Waals surface area contributed by atoms with Gasteiger partial charge in [-0.15, -0.1) is 11.3 Å². The van der Waals surface area contributed by atoms with Gasteiger partial charge in [-0.1, -0.05) is 6.92 Å². The van der Waals surface area contributed by atoms with Crippen molar-refractivity contribution in [3.05, 3.63) is 33.0 Å². The second-order valence-electron chi connectivity index (χ2n) is 7.27. The van der Waals surface area contributed by atoms with Crippen molar-refractivity contribution in [2.75, 3.05) is 26.9 Å². The van der Waals surface area contributed by atoms with Crippen LogP contribution in [0.25, 0.3) is 0 Å². The van der Waals surface area contributed by atoms with Crippen LogP contribution >= 0.6 is 11.3 Å². The van der Waals surface area contributed by atoms with E-state index in [1.54, 1.807) is 12.0 Å². The minimum atomic E-state index is -0.247. The third-order valence-corrected chi connectivity index (χ3v) is 6.23. The van der Waals surface area contributed by atoms with Crippen LogP contribution in [-0.4, -0.2) is 70.9 Å². The molecule has 0 aliphatic carbocycles. The molecule has 0 aromatic carbocycles. The second-order valence-corrected chi connectivity index (χ2v) is 8.22. The van der Waals surface area contributed by atoms with Crippen LogP contribution in [0.15, 0.2) is 5.38 Å². The van der Waals surface area contributed by atoms with Crippen molar-refractivity contribution in [3.63, 3.8) is 0 Å². The van der Waals surface area contributed by atoms with Gasteiger partial charge in [0.05, 0.1) is 36.5 Å². The number of hydrogen-bond donors (Lipinski definition) is 2. The van der Waals surface area contributed by atoms with Crippen molar-refractivity contribution in [2.24, 2.45) is 0 Å². The van der Waals surface area contributed by atoms with Gasteiger partial charge in [-0.2, -0.15) is 5.10 Å². The minimum Gasteiger partial charge on any atom is -0.377 e. The smallest absolute Gasteiger partial charge is 0.273 e. The van der Waals surface area contributed by atoms with Gasteiger partial charge in [-0.25, -0.2) is 4.98 Å². The number of carbonyl (C=O) groups is 2. The molecule has 2 atom stereocenters. The SMILES string of the molecule is CCCc1nc(C(=O)N2CCc3c(C(=O)N[C@H]4COC[C@@H]4OC)n[nH]c3C2)cs1. The number of rotatable bonds is 6. The number of thiazole rings is 1. The summed E-state index contributed by atoms with van der Waals surface area (Å²) in [6, 6.07) is -0.191. The highest BCUT2D eigenvalue weighted by Gasteiger charge is 2.33. The summed E-state index contributed by atoms with van der Waals surface area (Å²) in [5, 5.41) is 12.9. The van der Waals surface area contributed by atoms with Gasteiger partial charge in [0, 0.05) is 24.6 Å². The minimum absolute atomic E-state index is 0.0825. The highest BCUT2D eigenvalue weighted by molar-refractivity contribution is 7.09. The van der Waals surface area contributed by atoms with E-state index in [0.717, 1.165) is 29.1 Å². The van der Waals surface area contributed by atoms with Gasteiger partial charge in [0.1, 0.15) is 11.8 Å². The molecule has 1 saturated heterocycles. The zero-order chi connectivity index (χ0) is 20.4. The number of H-pyrrole nitrogens is 1. The molecule has 156 valence electrons. The molecule has 0 bridgehead atoms. The Balaban J connectivity index is 1.42. The summed E-state index contributed by atoms with van der Waals surface area (Å²) in [6.45, 7) is 3.90. The summed E-state index contributed by atoms with van der Waals surface area (Å²) in [4.78, 5) is 31.7. The number of aromatic nitrogens is 3. The summed E-state index contributed by atoms with van der Waals surface area (Å²) in [6.07, 6.45) is 2.31. The van der Waals surface area contributed by atoms with E-state index in [-0.39, 0.29) is 24.0 Å². The molecule has 0 unspecified atom stereocenters. The van der Waals surface area contributed by atoms with Crippen molar-refractivity contribution in [1.82, 2.24) is 25.4 Å². The Morgan fingerprint density at radius 3 is 3.10 bits per heavy atom. The molecular weight excluding hydrogens is 394 g/mol. The topological polar surface area (TPSA) is 109 Å². The predicted molar refractivity (Wildman–Crippen MR) is 106 cm³/mol. The van der Waals surface area contributed by atoms with Crippen LogP contribution in [0.4, 0.5) is 0 Å². The van der Waals surface area contributed by atoms with Gasteiger partial charge in [0.2, 0.25) is 0 Å². The molecule has 2 N–H and O–H groups in total. The first-order valence-corrected chi connectivity index (χ1v) is 10.7. The number of methoxy groups -OCH3 is 1. The van der Waals surface area contributed by atoms with Gasteiger partial charge >= 0.3 is 0 Å². The highest BCUT2D eigenvalue weighted by Crippen LogP contribution is 2.23. The maximum Gasteiger partial charge on any atom is 0.273 e. The summed E-state index contributed by atoms with van der Waals surface area (Å²) >= 11 is 1.52. The number of aromatic amines is 1. The van der Waals surface area contributed by atoms with Gasteiger partial charge < -0.3 is 19.7 Å². The van der Waals surface area contributed by atoms with Crippen LogP contribution in [0.5, 0.6) is 0 Å². The van der Waals surface area contributed by atoms with E-state index in [1.165, 1.54) is 11.3 Å². The lowest BCUT2D eigenvalue weighted by molar-refractivity contribution is 0.0683. The van der Waals surface area contributed by atoms with E-state index in [1.807, 2.05) is 5.38 Å². The van der Waals surface area contributed by atoms with Gasteiger partial charge in [-0.3, -0.25) is 14.7 Å². The highest BCUT2D eigenvalue weighted by atomic mass is 32.1. The number of nitrogens with zero attached hydrogens (tertiary/aromatic N) is 3. The summed E-state index contributed by atoms with van der Waals surface area (Å²) in [5.74, 6) is -0.329. The monoisotopic (exact) mass is 419 g/mol. The van der Waals surface area contributed by atoms with E-state index in [9.17, 15) is 9.59 Å². The third kappa shape index (κ3) is 4.05. The molecule has 9 nitrogen and oxygen atoms in total. The first kappa shape index (κ1) is 20.0. The fourth-order valence-electron chi connectivity index (χ4n) is 3.72. The normalized spacial score (nSPS) is 21.2. The molecule has 0 radical (unpaired) electrons. The fraction of sp³-hybridized carbons (Fsp3) is 0.579. The number of amides is 2. The molecule has 2 amide bonds. The Hall–Kier alpha value is -2.30. The maximum atomic E-state index is 12.8. The van der Waals surface area contributed by atoms with Crippen molar-refractivity contribution in [3.8, 4) is 0 Å². The van der Waals surface area contributed by atoms with E-state index < -0.39 is 0 Å². The average Bonchev–Trinajstić information content (AvgIpc) is 3.46. The number of fused-ring (bicyclic) bond motifs is 1. The van der Waals surface area contributed by atoms with Crippen LogP contribution in [0.2, 0.25) is 0 Å². The van der Waals surface area contributed by atoms with Crippen molar-refractivity contribution >= 4 is 23.2 Å². The fourth-order valence-corrected chi connectivity index (χ4v) is 4.59. The lowest BCUT2D eigenvalue weighted by Gasteiger charge is -2.26. The van der Waals surface area contributed by atoms with Crippen molar-refractivity contribution < 1.29 is 19.1 Å². The largest absolute Gasteiger partial charge is 0.377 e. The molecule has 1 fully saturated rings. The number of hydrogen-bond acceptors (Lipinski definition) is 7. The molecule has 0 spiro atoms. The number of nitrogens with one attached hydrogen (secondary N) is 2. The quantitative estimate of drug-likeness (QED) is 0.727. The van der Waals surface area contributed by atoms with Gasteiger partial charge in [0.25, 0.3) is 11.8 Å². The first-order valence-electron chi connectivity index (χ1n) is 9.81.